The molecule has 1 atom stereocenters. The van der Waals surface area contributed by atoms with E-state index in [0.717, 1.165) is 11.8 Å². The van der Waals surface area contributed by atoms with Crippen molar-refractivity contribution in [1.82, 2.24) is 10.6 Å². The first-order chi connectivity index (χ1) is 10.5. The number of nitrogens with one attached hydrogen (secondary N) is 3. The van der Waals surface area contributed by atoms with Gasteiger partial charge in [-0.05, 0) is 19.1 Å². The van der Waals surface area contributed by atoms with E-state index < -0.39 is 17.2 Å². The van der Waals surface area contributed by atoms with Crippen molar-refractivity contribution >= 4 is 35.3 Å². The lowest BCUT2D eigenvalue weighted by Gasteiger charge is -2.11. The molecule has 0 heterocycles. The fraction of sp³-hybridized carbons (Fsp3) is 0.267. The standard InChI is InChI=1S/C15H19N3O3S/c1-3-9-16-15(21)18-14(20)11(2)22-10-13(19)17-12-7-5-4-6-8-12/h3-8,11H,1,9-10H2,2H3,(H,17,19)(H2,16,18,20,21). The van der Waals surface area contributed by atoms with Crippen LogP contribution in [0.1, 0.15) is 6.92 Å². The van der Waals surface area contributed by atoms with E-state index in [9.17, 15) is 14.4 Å². The zero-order chi connectivity index (χ0) is 16.4. The van der Waals surface area contributed by atoms with Crippen LogP contribution >= 0.6 is 11.8 Å². The zero-order valence-electron chi connectivity index (χ0n) is 12.3. The Labute approximate surface area is 133 Å². The number of urea groups is 1. The van der Waals surface area contributed by atoms with E-state index in [1.54, 1.807) is 19.1 Å². The normalized spacial score (nSPS) is 11.1. The molecule has 1 aromatic rings. The maximum Gasteiger partial charge on any atom is 0.321 e. The summed E-state index contributed by atoms with van der Waals surface area (Å²) >= 11 is 1.15. The Bertz CT molecular complexity index is 534. The highest BCUT2D eigenvalue weighted by Crippen LogP contribution is 2.12. The summed E-state index contributed by atoms with van der Waals surface area (Å²) in [6, 6.07) is 8.48. The molecule has 0 radical (unpaired) electrons. The number of para-hydroxylation sites is 1. The first-order valence-electron chi connectivity index (χ1n) is 6.69. The molecule has 0 aliphatic carbocycles. The Morgan fingerprint density at radius 1 is 1.27 bits per heavy atom. The van der Waals surface area contributed by atoms with Gasteiger partial charge in [0, 0.05) is 12.2 Å². The number of imide groups is 1. The Morgan fingerprint density at radius 3 is 2.59 bits per heavy atom. The second-order valence-corrected chi connectivity index (χ2v) is 5.68. The van der Waals surface area contributed by atoms with Crippen LogP contribution in [0.5, 0.6) is 0 Å². The van der Waals surface area contributed by atoms with Crippen molar-refractivity contribution in [1.29, 1.82) is 0 Å². The van der Waals surface area contributed by atoms with Crippen LogP contribution in [-0.2, 0) is 9.59 Å². The first kappa shape index (κ1) is 17.8. The molecule has 118 valence electrons. The van der Waals surface area contributed by atoms with Crippen molar-refractivity contribution in [2.45, 2.75) is 12.2 Å². The Hall–Kier alpha value is -2.28. The molecule has 1 rings (SSSR count). The summed E-state index contributed by atoms with van der Waals surface area (Å²) < 4.78 is 0. The summed E-state index contributed by atoms with van der Waals surface area (Å²) in [6.07, 6.45) is 1.51. The molecule has 0 spiro atoms. The van der Waals surface area contributed by atoms with Crippen molar-refractivity contribution in [2.24, 2.45) is 0 Å². The molecular formula is C15H19N3O3S. The number of rotatable bonds is 7. The van der Waals surface area contributed by atoms with Crippen molar-refractivity contribution < 1.29 is 14.4 Å². The van der Waals surface area contributed by atoms with Crippen LogP contribution in [0.15, 0.2) is 43.0 Å². The van der Waals surface area contributed by atoms with Gasteiger partial charge in [0.2, 0.25) is 11.8 Å². The van der Waals surface area contributed by atoms with Crippen LogP contribution in [0.2, 0.25) is 0 Å². The van der Waals surface area contributed by atoms with Gasteiger partial charge in [0.05, 0.1) is 11.0 Å². The quantitative estimate of drug-likeness (QED) is 0.668. The smallest absolute Gasteiger partial charge is 0.321 e. The molecule has 1 unspecified atom stereocenters. The molecule has 3 N–H and O–H groups in total. The highest BCUT2D eigenvalue weighted by Gasteiger charge is 2.17. The fourth-order valence-electron chi connectivity index (χ4n) is 1.42. The minimum absolute atomic E-state index is 0.123. The molecule has 0 saturated heterocycles. The molecule has 0 bridgehead atoms. The lowest BCUT2D eigenvalue weighted by Crippen LogP contribution is -2.43. The summed E-state index contributed by atoms with van der Waals surface area (Å²) in [6.45, 7) is 5.37. The van der Waals surface area contributed by atoms with Crippen LogP contribution in [0.4, 0.5) is 10.5 Å². The Morgan fingerprint density at radius 2 is 1.95 bits per heavy atom. The van der Waals surface area contributed by atoms with Crippen LogP contribution in [0.25, 0.3) is 0 Å². The number of carbonyl (C=O) groups is 3. The van der Waals surface area contributed by atoms with Gasteiger partial charge in [0.1, 0.15) is 0 Å². The van der Waals surface area contributed by atoms with Crippen molar-refractivity contribution in [3.63, 3.8) is 0 Å². The molecule has 7 heteroatoms. The van der Waals surface area contributed by atoms with E-state index in [1.807, 2.05) is 18.2 Å². The number of hydrogen-bond donors (Lipinski definition) is 3. The number of benzene rings is 1. The van der Waals surface area contributed by atoms with Crippen LogP contribution < -0.4 is 16.0 Å². The molecule has 0 aliphatic heterocycles. The van der Waals surface area contributed by atoms with Gasteiger partial charge in [-0.25, -0.2) is 4.79 Å². The van der Waals surface area contributed by atoms with Gasteiger partial charge in [0.15, 0.2) is 0 Å². The van der Waals surface area contributed by atoms with Gasteiger partial charge in [-0.3, -0.25) is 14.9 Å². The zero-order valence-corrected chi connectivity index (χ0v) is 13.1. The molecule has 0 aromatic heterocycles. The molecule has 22 heavy (non-hydrogen) atoms. The summed E-state index contributed by atoms with van der Waals surface area (Å²) in [5.41, 5.74) is 0.703. The molecule has 1 aromatic carbocycles. The highest BCUT2D eigenvalue weighted by molar-refractivity contribution is 8.01. The van der Waals surface area contributed by atoms with Crippen LogP contribution in [0.3, 0.4) is 0 Å². The molecular weight excluding hydrogens is 302 g/mol. The van der Waals surface area contributed by atoms with Gasteiger partial charge in [-0.1, -0.05) is 24.3 Å². The molecule has 0 fully saturated rings. The summed E-state index contributed by atoms with van der Waals surface area (Å²) in [7, 11) is 0. The third-order valence-corrected chi connectivity index (χ3v) is 3.68. The van der Waals surface area contributed by atoms with Crippen LogP contribution in [-0.4, -0.2) is 35.4 Å². The van der Waals surface area contributed by atoms with Gasteiger partial charge in [-0.15, -0.1) is 18.3 Å². The third-order valence-electron chi connectivity index (χ3n) is 2.53. The second-order valence-electron chi connectivity index (χ2n) is 4.36. The lowest BCUT2D eigenvalue weighted by molar-refractivity contribution is -0.119. The number of thioether (sulfide) groups is 1. The summed E-state index contributed by atoms with van der Waals surface area (Å²) in [5, 5.41) is 6.84. The van der Waals surface area contributed by atoms with Gasteiger partial charge in [-0.2, -0.15) is 0 Å². The maximum absolute atomic E-state index is 11.7. The van der Waals surface area contributed by atoms with Crippen molar-refractivity contribution in [2.75, 3.05) is 17.6 Å². The van der Waals surface area contributed by atoms with Gasteiger partial charge >= 0.3 is 6.03 Å². The molecule has 0 saturated carbocycles. The number of hydrogen-bond acceptors (Lipinski definition) is 4. The SMILES string of the molecule is C=CCNC(=O)NC(=O)C(C)SCC(=O)Nc1ccccc1. The summed E-state index contributed by atoms with van der Waals surface area (Å²) in [5.74, 6) is -0.524. The fourth-order valence-corrected chi connectivity index (χ4v) is 2.10. The average Bonchev–Trinajstić information content (AvgIpc) is 2.51. The van der Waals surface area contributed by atoms with Gasteiger partial charge < -0.3 is 10.6 Å². The topological polar surface area (TPSA) is 87.3 Å². The second kappa shape index (κ2) is 9.62. The van der Waals surface area contributed by atoms with Crippen LogP contribution in [0, 0.1) is 0 Å². The summed E-state index contributed by atoms with van der Waals surface area (Å²) in [4.78, 5) is 34.8. The Balaban J connectivity index is 2.30. The van der Waals surface area contributed by atoms with E-state index in [-0.39, 0.29) is 18.2 Å². The van der Waals surface area contributed by atoms with E-state index in [4.69, 9.17) is 0 Å². The van der Waals surface area contributed by atoms with Crippen molar-refractivity contribution in [3.8, 4) is 0 Å². The average molecular weight is 321 g/mol. The van der Waals surface area contributed by atoms with E-state index in [1.165, 1.54) is 6.08 Å². The molecule has 6 nitrogen and oxygen atoms in total. The predicted octanol–water partition coefficient (Wildman–Crippen LogP) is 1.76. The minimum atomic E-state index is -0.578. The van der Waals surface area contributed by atoms with E-state index >= 15 is 0 Å². The molecule has 4 amide bonds. The van der Waals surface area contributed by atoms with Crippen molar-refractivity contribution in [3.05, 3.63) is 43.0 Å². The highest BCUT2D eigenvalue weighted by atomic mass is 32.2. The first-order valence-corrected chi connectivity index (χ1v) is 7.74. The monoisotopic (exact) mass is 321 g/mol. The number of amides is 4. The lowest BCUT2D eigenvalue weighted by atomic mass is 10.3. The largest absolute Gasteiger partial charge is 0.334 e. The predicted molar refractivity (Wildman–Crippen MR) is 88.7 cm³/mol. The van der Waals surface area contributed by atoms with E-state index in [0.29, 0.717) is 5.69 Å². The number of anilines is 1. The van der Waals surface area contributed by atoms with Gasteiger partial charge in [0.25, 0.3) is 0 Å². The third kappa shape index (κ3) is 6.94. The van der Waals surface area contributed by atoms with E-state index in [2.05, 4.69) is 22.5 Å². The Kier molecular flexibility index (Phi) is 7.77. The maximum atomic E-state index is 11.7. The molecule has 0 aliphatic rings. The minimum Gasteiger partial charge on any atom is -0.334 e. The number of carbonyl (C=O) groups excluding carboxylic acids is 3.